The van der Waals surface area contributed by atoms with E-state index in [1.807, 2.05) is 24.4 Å². The summed E-state index contributed by atoms with van der Waals surface area (Å²) < 4.78 is 12.9. The van der Waals surface area contributed by atoms with E-state index >= 15 is 0 Å². The number of benzene rings is 1. The molecule has 0 fully saturated rings. The van der Waals surface area contributed by atoms with Gasteiger partial charge in [-0.25, -0.2) is 4.39 Å². The number of nitrogens with zero attached hydrogens (tertiary/aromatic N) is 1. The molecule has 4 nitrogen and oxygen atoms in total. The molecule has 0 saturated heterocycles. The predicted octanol–water partition coefficient (Wildman–Crippen LogP) is 3.77. The van der Waals surface area contributed by atoms with Crippen molar-refractivity contribution in [1.82, 2.24) is 15.5 Å². The van der Waals surface area contributed by atoms with Gasteiger partial charge in [-0.2, -0.15) is 5.10 Å². The molecule has 0 spiro atoms. The second-order valence-corrected chi connectivity index (χ2v) is 5.84. The van der Waals surface area contributed by atoms with Gasteiger partial charge in [-0.05, 0) is 42.1 Å². The molecule has 2 heterocycles. The van der Waals surface area contributed by atoms with Crippen molar-refractivity contribution in [3.05, 3.63) is 64.9 Å². The molecule has 1 amide bonds. The lowest BCUT2D eigenvalue weighted by molar-refractivity contribution is 0.0935. The standard InChI is InChI=1S/C16H14FN3OS/c1-10(11-4-6-12(17)7-5-11)18-16(21)14-9-13(19-20-14)15-3-2-8-22-15/h2-10H,1H3,(H,18,21)(H,19,20). The lowest BCUT2D eigenvalue weighted by Crippen LogP contribution is -2.26. The molecule has 112 valence electrons. The van der Waals surface area contributed by atoms with Crippen molar-refractivity contribution >= 4 is 17.2 Å². The third-order valence-corrected chi connectivity index (χ3v) is 4.22. The van der Waals surface area contributed by atoms with E-state index in [9.17, 15) is 9.18 Å². The van der Waals surface area contributed by atoms with Gasteiger partial charge in [0.15, 0.2) is 5.69 Å². The van der Waals surface area contributed by atoms with Crippen molar-refractivity contribution in [3.8, 4) is 10.6 Å². The number of carbonyl (C=O) groups is 1. The van der Waals surface area contributed by atoms with Crippen LogP contribution in [0.25, 0.3) is 10.6 Å². The van der Waals surface area contributed by atoms with Crippen LogP contribution in [0, 0.1) is 5.82 Å². The summed E-state index contributed by atoms with van der Waals surface area (Å²) in [6.45, 7) is 1.85. The molecule has 0 saturated carbocycles. The van der Waals surface area contributed by atoms with Gasteiger partial charge < -0.3 is 5.32 Å². The number of carbonyl (C=O) groups excluding carboxylic acids is 1. The third-order valence-electron chi connectivity index (χ3n) is 3.31. The normalized spacial score (nSPS) is 12.1. The maximum atomic E-state index is 12.9. The zero-order valence-corrected chi connectivity index (χ0v) is 12.7. The summed E-state index contributed by atoms with van der Waals surface area (Å²) in [4.78, 5) is 13.2. The van der Waals surface area contributed by atoms with Crippen LogP contribution in [0.4, 0.5) is 4.39 Å². The molecule has 2 N–H and O–H groups in total. The fourth-order valence-electron chi connectivity index (χ4n) is 2.10. The lowest BCUT2D eigenvalue weighted by atomic mass is 10.1. The smallest absolute Gasteiger partial charge is 0.272 e. The minimum Gasteiger partial charge on any atom is -0.344 e. The first-order valence-electron chi connectivity index (χ1n) is 6.79. The molecule has 1 aromatic carbocycles. The van der Waals surface area contributed by atoms with Crippen LogP contribution in [-0.2, 0) is 0 Å². The molecule has 0 aliphatic heterocycles. The minimum absolute atomic E-state index is 0.227. The van der Waals surface area contributed by atoms with Crippen LogP contribution in [0.2, 0.25) is 0 Å². The molecule has 0 aliphatic carbocycles. The summed E-state index contributed by atoms with van der Waals surface area (Å²) in [7, 11) is 0. The van der Waals surface area contributed by atoms with Gasteiger partial charge in [0, 0.05) is 0 Å². The second kappa shape index (κ2) is 6.11. The fourth-order valence-corrected chi connectivity index (χ4v) is 2.79. The molecule has 6 heteroatoms. The number of rotatable bonds is 4. The van der Waals surface area contributed by atoms with Crippen molar-refractivity contribution in [2.75, 3.05) is 0 Å². The summed E-state index contributed by atoms with van der Waals surface area (Å²) in [6, 6.07) is 11.5. The zero-order valence-electron chi connectivity index (χ0n) is 11.8. The number of aromatic amines is 1. The number of halogens is 1. The highest BCUT2D eigenvalue weighted by molar-refractivity contribution is 7.13. The number of thiophene rings is 1. The number of nitrogens with one attached hydrogen (secondary N) is 2. The topological polar surface area (TPSA) is 57.8 Å². The fraction of sp³-hybridized carbons (Fsp3) is 0.125. The number of aromatic nitrogens is 2. The number of amides is 1. The van der Waals surface area contributed by atoms with Crippen molar-refractivity contribution in [2.24, 2.45) is 0 Å². The third kappa shape index (κ3) is 3.07. The molecule has 1 atom stereocenters. The highest BCUT2D eigenvalue weighted by atomic mass is 32.1. The van der Waals surface area contributed by atoms with E-state index < -0.39 is 0 Å². The summed E-state index contributed by atoms with van der Waals surface area (Å²) in [6.07, 6.45) is 0. The van der Waals surface area contributed by atoms with Crippen LogP contribution >= 0.6 is 11.3 Å². The molecule has 3 rings (SSSR count). The van der Waals surface area contributed by atoms with E-state index in [1.54, 1.807) is 29.5 Å². The van der Waals surface area contributed by atoms with E-state index in [0.29, 0.717) is 5.69 Å². The Bertz CT molecular complexity index is 765. The predicted molar refractivity (Wildman–Crippen MR) is 84.2 cm³/mol. The van der Waals surface area contributed by atoms with Crippen molar-refractivity contribution in [3.63, 3.8) is 0 Å². The first-order chi connectivity index (χ1) is 10.6. The zero-order chi connectivity index (χ0) is 15.5. The van der Waals surface area contributed by atoms with E-state index in [4.69, 9.17) is 0 Å². The molecule has 0 aliphatic rings. The quantitative estimate of drug-likeness (QED) is 0.770. The van der Waals surface area contributed by atoms with Crippen molar-refractivity contribution < 1.29 is 9.18 Å². The van der Waals surface area contributed by atoms with Gasteiger partial charge in [0.2, 0.25) is 0 Å². The first kappa shape index (κ1) is 14.5. The van der Waals surface area contributed by atoms with Crippen molar-refractivity contribution in [2.45, 2.75) is 13.0 Å². The molecule has 3 aromatic rings. The Hall–Kier alpha value is -2.47. The van der Waals surface area contributed by atoms with Gasteiger partial charge in [-0.15, -0.1) is 11.3 Å². The van der Waals surface area contributed by atoms with Gasteiger partial charge >= 0.3 is 0 Å². The Labute approximate surface area is 131 Å². The molecule has 0 radical (unpaired) electrons. The maximum absolute atomic E-state index is 12.9. The Balaban J connectivity index is 1.70. The SMILES string of the molecule is CC(NC(=O)c1cc(-c2cccs2)[nH]n1)c1ccc(F)cc1. The molecule has 1 unspecified atom stereocenters. The highest BCUT2D eigenvalue weighted by Gasteiger charge is 2.15. The Kier molecular flexibility index (Phi) is 4.02. The van der Waals surface area contributed by atoms with Gasteiger partial charge in [0.05, 0.1) is 16.6 Å². The van der Waals surface area contributed by atoms with Gasteiger partial charge in [0.25, 0.3) is 5.91 Å². The molecule has 0 bridgehead atoms. The summed E-state index contributed by atoms with van der Waals surface area (Å²) in [5, 5.41) is 11.7. The van der Waals surface area contributed by atoms with E-state index in [1.165, 1.54) is 12.1 Å². The average Bonchev–Trinajstić information content (AvgIpc) is 3.19. The average molecular weight is 315 g/mol. The number of hydrogen-bond donors (Lipinski definition) is 2. The number of H-pyrrole nitrogens is 1. The van der Waals surface area contributed by atoms with Crippen LogP contribution in [0.3, 0.4) is 0 Å². The van der Waals surface area contributed by atoms with Crippen LogP contribution in [0.1, 0.15) is 29.0 Å². The Morgan fingerprint density at radius 2 is 2.09 bits per heavy atom. The largest absolute Gasteiger partial charge is 0.344 e. The summed E-state index contributed by atoms with van der Waals surface area (Å²) in [5.41, 5.74) is 1.98. The van der Waals surface area contributed by atoms with E-state index in [0.717, 1.165) is 16.1 Å². The van der Waals surface area contributed by atoms with E-state index in [-0.39, 0.29) is 17.8 Å². The van der Waals surface area contributed by atoms with Gasteiger partial charge in [-0.3, -0.25) is 9.89 Å². The van der Waals surface area contributed by atoms with Crippen LogP contribution in [-0.4, -0.2) is 16.1 Å². The van der Waals surface area contributed by atoms with Gasteiger partial charge in [0.1, 0.15) is 5.82 Å². The molecule has 2 aromatic heterocycles. The Morgan fingerprint density at radius 1 is 1.32 bits per heavy atom. The molecular formula is C16H14FN3OS. The summed E-state index contributed by atoms with van der Waals surface area (Å²) >= 11 is 1.57. The first-order valence-corrected chi connectivity index (χ1v) is 7.67. The summed E-state index contributed by atoms with van der Waals surface area (Å²) in [5.74, 6) is -0.564. The Morgan fingerprint density at radius 3 is 2.77 bits per heavy atom. The lowest BCUT2D eigenvalue weighted by Gasteiger charge is -2.13. The monoisotopic (exact) mass is 315 g/mol. The molecular weight excluding hydrogens is 301 g/mol. The van der Waals surface area contributed by atoms with Crippen molar-refractivity contribution in [1.29, 1.82) is 0 Å². The van der Waals surface area contributed by atoms with Crippen LogP contribution < -0.4 is 5.32 Å². The van der Waals surface area contributed by atoms with Crippen LogP contribution in [0.5, 0.6) is 0 Å². The molecule has 22 heavy (non-hydrogen) atoms. The second-order valence-electron chi connectivity index (χ2n) is 4.89. The maximum Gasteiger partial charge on any atom is 0.272 e. The minimum atomic E-state index is -0.296. The van der Waals surface area contributed by atoms with Gasteiger partial charge in [-0.1, -0.05) is 18.2 Å². The van der Waals surface area contributed by atoms with E-state index in [2.05, 4.69) is 15.5 Å². The van der Waals surface area contributed by atoms with Crippen LogP contribution in [0.15, 0.2) is 47.8 Å². The highest BCUT2D eigenvalue weighted by Crippen LogP contribution is 2.23. The number of hydrogen-bond acceptors (Lipinski definition) is 3.